The molecule has 1 amide bonds. The lowest BCUT2D eigenvalue weighted by atomic mass is 9.98. The van der Waals surface area contributed by atoms with Gasteiger partial charge < -0.3 is 24.6 Å². The quantitative estimate of drug-likeness (QED) is 0.265. The molecule has 6 nitrogen and oxygen atoms in total. The summed E-state index contributed by atoms with van der Waals surface area (Å²) in [5, 5.41) is 11.6. The molecule has 6 heteroatoms. The van der Waals surface area contributed by atoms with Gasteiger partial charge in [-0.3, -0.25) is 4.79 Å². The van der Waals surface area contributed by atoms with Gasteiger partial charge in [0.1, 0.15) is 0 Å². The average Bonchev–Trinajstić information content (AvgIpc) is 3.02. The highest BCUT2D eigenvalue weighted by molar-refractivity contribution is 5.82. The normalized spacial score (nSPS) is 18.3. The lowest BCUT2D eigenvalue weighted by Gasteiger charge is -2.35. The van der Waals surface area contributed by atoms with Crippen LogP contribution in [-0.4, -0.2) is 35.9 Å². The highest BCUT2D eigenvalue weighted by Crippen LogP contribution is 2.21. The first-order valence-corrected chi connectivity index (χ1v) is 13.6. The van der Waals surface area contributed by atoms with Gasteiger partial charge in [-0.25, -0.2) is 0 Å². The standard InChI is InChI=1S/C27H29NO4.C7H8O/c29-27-26(32-19-23-14-8-3-9-15-23)25(31-18-22-12-6-2-7-13-22)16-24(28-27)20-30-17-21-10-4-1-5-11-21;8-6-7-4-2-1-3-5-7/h1-15,24-26H,16-20H2,(H,28,29);1-5,8H,6H2. The monoisotopic (exact) mass is 539 g/mol. The van der Waals surface area contributed by atoms with Crippen molar-refractivity contribution in [3.8, 4) is 0 Å². The molecule has 1 aliphatic rings. The maximum atomic E-state index is 12.9. The molecule has 0 aromatic heterocycles. The van der Waals surface area contributed by atoms with Gasteiger partial charge in [0.2, 0.25) is 0 Å². The predicted molar refractivity (Wildman–Crippen MR) is 155 cm³/mol. The number of rotatable bonds is 11. The summed E-state index contributed by atoms with van der Waals surface area (Å²) in [6.07, 6.45) is -0.380. The van der Waals surface area contributed by atoms with Crippen LogP contribution in [0.3, 0.4) is 0 Å². The van der Waals surface area contributed by atoms with Crippen molar-refractivity contribution in [2.45, 2.75) is 51.1 Å². The molecule has 40 heavy (non-hydrogen) atoms. The van der Waals surface area contributed by atoms with Gasteiger partial charge in [-0.05, 0) is 28.7 Å². The largest absolute Gasteiger partial charge is 0.392 e. The van der Waals surface area contributed by atoms with E-state index in [0.717, 1.165) is 22.3 Å². The van der Waals surface area contributed by atoms with Crippen LogP contribution in [0.5, 0.6) is 0 Å². The number of aliphatic hydroxyl groups excluding tert-OH is 1. The van der Waals surface area contributed by atoms with E-state index in [1.165, 1.54) is 0 Å². The fraction of sp³-hybridized carbons (Fsp3) is 0.265. The highest BCUT2D eigenvalue weighted by atomic mass is 16.5. The first-order valence-electron chi connectivity index (χ1n) is 13.6. The number of nitrogens with one attached hydrogen (secondary N) is 1. The SMILES string of the molecule is O=C1NC(COCc2ccccc2)CC(OCc2ccccc2)C1OCc1ccccc1.OCc1ccccc1. The Morgan fingerprint density at radius 2 is 1.07 bits per heavy atom. The Labute approximate surface area is 236 Å². The third-order valence-corrected chi connectivity index (χ3v) is 6.49. The Kier molecular flexibility index (Phi) is 11.9. The van der Waals surface area contributed by atoms with E-state index in [4.69, 9.17) is 19.3 Å². The van der Waals surface area contributed by atoms with Gasteiger partial charge in [-0.1, -0.05) is 121 Å². The fourth-order valence-corrected chi connectivity index (χ4v) is 4.38. The number of carbonyl (C=O) groups excluding carboxylic acids is 1. The van der Waals surface area contributed by atoms with Crippen LogP contribution in [-0.2, 0) is 45.4 Å². The third kappa shape index (κ3) is 9.74. The number of piperidine rings is 1. The number of ether oxygens (including phenoxy) is 3. The van der Waals surface area contributed by atoms with Crippen LogP contribution in [0, 0.1) is 0 Å². The summed E-state index contributed by atoms with van der Waals surface area (Å²) < 4.78 is 18.1. The lowest BCUT2D eigenvalue weighted by molar-refractivity contribution is -0.158. The van der Waals surface area contributed by atoms with Crippen molar-refractivity contribution in [3.63, 3.8) is 0 Å². The van der Waals surface area contributed by atoms with Crippen LogP contribution < -0.4 is 5.32 Å². The molecule has 4 aromatic rings. The molecule has 5 rings (SSSR count). The number of hydrogen-bond acceptors (Lipinski definition) is 5. The maximum absolute atomic E-state index is 12.9. The van der Waals surface area contributed by atoms with Gasteiger partial charge in [0.05, 0.1) is 45.2 Å². The first kappa shape index (κ1) is 29.2. The van der Waals surface area contributed by atoms with E-state index in [1.54, 1.807) is 0 Å². The number of aliphatic hydroxyl groups is 1. The highest BCUT2D eigenvalue weighted by Gasteiger charge is 2.38. The zero-order valence-corrected chi connectivity index (χ0v) is 22.6. The van der Waals surface area contributed by atoms with Gasteiger partial charge in [0, 0.05) is 0 Å². The Morgan fingerprint density at radius 1 is 0.625 bits per heavy atom. The zero-order chi connectivity index (χ0) is 27.8. The molecule has 1 heterocycles. The lowest BCUT2D eigenvalue weighted by Crippen LogP contribution is -2.57. The summed E-state index contributed by atoms with van der Waals surface area (Å²) in [7, 11) is 0. The van der Waals surface area contributed by atoms with Gasteiger partial charge in [-0.15, -0.1) is 0 Å². The molecule has 208 valence electrons. The molecule has 1 saturated heterocycles. The topological polar surface area (TPSA) is 77.0 Å². The Bertz CT molecular complexity index is 1240. The summed E-state index contributed by atoms with van der Waals surface area (Å²) in [4.78, 5) is 12.9. The van der Waals surface area contributed by atoms with Crippen LogP contribution in [0.25, 0.3) is 0 Å². The van der Waals surface area contributed by atoms with Crippen LogP contribution in [0.2, 0.25) is 0 Å². The molecule has 0 aliphatic carbocycles. The molecule has 0 radical (unpaired) electrons. The Hall–Kier alpha value is -3.81. The minimum Gasteiger partial charge on any atom is -0.392 e. The first-order chi connectivity index (χ1) is 19.7. The van der Waals surface area contributed by atoms with E-state index < -0.39 is 6.10 Å². The van der Waals surface area contributed by atoms with Crippen molar-refractivity contribution < 1.29 is 24.1 Å². The van der Waals surface area contributed by atoms with Gasteiger partial charge in [-0.2, -0.15) is 0 Å². The van der Waals surface area contributed by atoms with Crippen molar-refractivity contribution in [1.29, 1.82) is 0 Å². The second-order valence-corrected chi connectivity index (χ2v) is 9.64. The van der Waals surface area contributed by atoms with E-state index in [-0.39, 0.29) is 24.7 Å². The Balaban J connectivity index is 0.000000398. The Morgan fingerprint density at radius 3 is 1.55 bits per heavy atom. The molecule has 3 unspecified atom stereocenters. The summed E-state index contributed by atoms with van der Waals surface area (Å²) in [5.41, 5.74) is 4.16. The summed E-state index contributed by atoms with van der Waals surface area (Å²) in [6.45, 7) is 1.87. The average molecular weight is 540 g/mol. The summed E-state index contributed by atoms with van der Waals surface area (Å²) >= 11 is 0. The fourth-order valence-electron chi connectivity index (χ4n) is 4.38. The second-order valence-electron chi connectivity index (χ2n) is 9.64. The van der Waals surface area contributed by atoms with Crippen molar-refractivity contribution in [1.82, 2.24) is 5.32 Å². The molecule has 1 aliphatic heterocycles. The van der Waals surface area contributed by atoms with Crippen LogP contribution in [0.15, 0.2) is 121 Å². The predicted octanol–water partition coefficient (Wildman–Crippen LogP) is 5.44. The molecule has 2 N–H and O–H groups in total. The molecule has 0 spiro atoms. The molecule has 0 saturated carbocycles. The molecular weight excluding hydrogens is 502 g/mol. The van der Waals surface area contributed by atoms with Crippen molar-refractivity contribution >= 4 is 5.91 Å². The molecule has 4 aromatic carbocycles. The molecular formula is C34H37NO5. The molecule has 1 fully saturated rings. The molecule has 0 bridgehead atoms. The van der Waals surface area contributed by atoms with E-state index in [9.17, 15) is 4.79 Å². The minimum absolute atomic E-state index is 0.122. The van der Waals surface area contributed by atoms with E-state index in [0.29, 0.717) is 32.8 Å². The van der Waals surface area contributed by atoms with E-state index in [2.05, 4.69) is 5.32 Å². The number of hydrogen-bond donors (Lipinski definition) is 2. The van der Waals surface area contributed by atoms with Gasteiger partial charge >= 0.3 is 0 Å². The van der Waals surface area contributed by atoms with E-state index in [1.807, 2.05) is 121 Å². The van der Waals surface area contributed by atoms with E-state index >= 15 is 0 Å². The van der Waals surface area contributed by atoms with Crippen LogP contribution in [0.4, 0.5) is 0 Å². The molecule has 3 atom stereocenters. The van der Waals surface area contributed by atoms with Crippen molar-refractivity contribution in [2.24, 2.45) is 0 Å². The zero-order valence-electron chi connectivity index (χ0n) is 22.6. The summed E-state index contributed by atoms with van der Waals surface area (Å²) in [6, 6.07) is 39.2. The minimum atomic E-state index is -0.663. The van der Waals surface area contributed by atoms with Crippen molar-refractivity contribution in [3.05, 3.63) is 144 Å². The van der Waals surface area contributed by atoms with Gasteiger partial charge in [0.25, 0.3) is 5.91 Å². The number of benzene rings is 4. The maximum Gasteiger partial charge on any atom is 0.252 e. The third-order valence-electron chi connectivity index (χ3n) is 6.49. The van der Waals surface area contributed by atoms with Gasteiger partial charge in [0.15, 0.2) is 6.10 Å². The second kappa shape index (κ2) is 16.3. The summed E-state index contributed by atoms with van der Waals surface area (Å²) in [5.74, 6) is -0.154. The van der Waals surface area contributed by atoms with Crippen LogP contribution in [0.1, 0.15) is 28.7 Å². The van der Waals surface area contributed by atoms with Crippen molar-refractivity contribution in [2.75, 3.05) is 6.61 Å². The van der Waals surface area contributed by atoms with Crippen LogP contribution >= 0.6 is 0 Å². The number of carbonyl (C=O) groups is 1. The smallest absolute Gasteiger partial charge is 0.252 e. The number of amides is 1.